The SMILES string of the molecule is Cl.NC1(C(=O)Nc2cccc3[nH]ccc23)CCCCC1. The molecule has 1 fully saturated rings. The highest BCUT2D eigenvalue weighted by atomic mass is 35.5. The van der Waals surface area contributed by atoms with Gasteiger partial charge in [0.05, 0.1) is 11.2 Å². The lowest BCUT2D eigenvalue weighted by Crippen LogP contribution is -2.52. The second kappa shape index (κ2) is 5.85. The molecule has 0 radical (unpaired) electrons. The molecule has 4 N–H and O–H groups in total. The third kappa shape index (κ3) is 2.67. The molecule has 0 spiro atoms. The van der Waals surface area contributed by atoms with E-state index in [0.29, 0.717) is 0 Å². The summed E-state index contributed by atoms with van der Waals surface area (Å²) in [6.45, 7) is 0. The molecule has 0 atom stereocenters. The molecule has 1 aliphatic rings. The molecule has 1 heterocycles. The van der Waals surface area contributed by atoms with Crippen molar-refractivity contribution in [2.45, 2.75) is 37.6 Å². The number of carbonyl (C=O) groups is 1. The molecule has 1 saturated carbocycles. The maximum absolute atomic E-state index is 12.4. The van der Waals surface area contributed by atoms with Gasteiger partial charge in [0.25, 0.3) is 0 Å². The fourth-order valence-corrected chi connectivity index (χ4v) is 2.85. The Labute approximate surface area is 124 Å². The topological polar surface area (TPSA) is 70.9 Å². The molecule has 1 aromatic carbocycles. The predicted octanol–water partition coefficient (Wildman–Crippen LogP) is 3.19. The molecular weight excluding hydrogens is 274 g/mol. The zero-order valence-corrected chi connectivity index (χ0v) is 12.1. The van der Waals surface area contributed by atoms with Crippen LogP contribution >= 0.6 is 12.4 Å². The van der Waals surface area contributed by atoms with Crippen molar-refractivity contribution in [3.05, 3.63) is 30.5 Å². The summed E-state index contributed by atoms with van der Waals surface area (Å²) in [6.07, 6.45) is 6.69. The molecule has 1 aliphatic carbocycles. The lowest BCUT2D eigenvalue weighted by molar-refractivity contribution is -0.122. The summed E-state index contributed by atoms with van der Waals surface area (Å²) < 4.78 is 0. The summed E-state index contributed by atoms with van der Waals surface area (Å²) in [5.41, 5.74) is 7.41. The van der Waals surface area contributed by atoms with E-state index in [4.69, 9.17) is 5.73 Å². The Morgan fingerprint density at radius 2 is 1.95 bits per heavy atom. The Hall–Kier alpha value is -1.52. The van der Waals surface area contributed by atoms with Crippen LogP contribution in [0.1, 0.15) is 32.1 Å². The van der Waals surface area contributed by atoms with Gasteiger partial charge >= 0.3 is 0 Å². The number of carbonyl (C=O) groups excluding carboxylic acids is 1. The number of aromatic amines is 1. The van der Waals surface area contributed by atoms with Crippen molar-refractivity contribution in [3.63, 3.8) is 0 Å². The van der Waals surface area contributed by atoms with E-state index < -0.39 is 5.54 Å². The van der Waals surface area contributed by atoms with Gasteiger partial charge in [0, 0.05) is 17.1 Å². The number of halogens is 1. The lowest BCUT2D eigenvalue weighted by atomic mass is 9.82. The number of hydrogen-bond donors (Lipinski definition) is 3. The van der Waals surface area contributed by atoms with Gasteiger partial charge in [-0.2, -0.15) is 0 Å². The van der Waals surface area contributed by atoms with Gasteiger partial charge in [-0.3, -0.25) is 4.79 Å². The first-order valence-electron chi connectivity index (χ1n) is 6.85. The summed E-state index contributed by atoms with van der Waals surface area (Å²) in [7, 11) is 0. The van der Waals surface area contributed by atoms with Gasteiger partial charge in [0.15, 0.2) is 0 Å². The normalized spacial score (nSPS) is 17.4. The number of nitrogens with one attached hydrogen (secondary N) is 2. The molecule has 0 saturated heterocycles. The number of benzene rings is 1. The second-order valence-electron chi connectivity index (χ2n) is 5.42. The Morgan fingerprint density at radius 1 is 1.20 bits per heavy atom. The number of rotatable bonds is 2. The average molecular weight is 294 g/mol. The van der Waals surface area contributed by atoms with Crippen LogP contribution in [0.25, 0.3) is 10.9 Å². The highest BCUT2D eigenvalue weighted by molar-refractivity contribution is 6.04. The minimum atomic E-state index is -0.698. The highest BCUT2D eigenvalue weighted by Gasteiger charge is 2.35. The van der Waals surface area contributed by atoms with Gasteiger partial charge in [-0.25, -0.2) is 0 Å². The Bertz CT molecular complexity index is 602. The third-order valence-electron chi connectivity index (χ3n) is 4.04. The predicted molar refractivity (Wildman–Crippen MR) is 84.2 cm³/mol. The van der Waals surface area contributed by atoms with E-state index in [1.54, 1.807) is 0 Å². The van der Waals surface area contributed by atoms with Crippen molar-refractivity contribution in [2.24, 2.45) is 5.73 Å². The van der Waals surface area contributed by atoms with Crippen LogP contribution in [0.15, 0.2) is 30.5 Å². The van der Waals surface area contributed by atoms with E-state index in [0.717, 1.165) is 42.3 Å². The zero-order chi connectivity index (χ0) is 13.3. The van der Waals surface area contributed by atoms with Crippen molar-refractivity contribution in [2.75, 3.05) is 5.32 Å². The van der Waals surface area contributed by atoms with Crippen molar-refractivity contribution in [3.8, 4) is 0 Å². The van der Waals surface area contributed by atoms with Crippen LogP contribution in [0, 0.1) is 0 Å². The summed E-state index contributed by atoms with van der Waals surface area (Å²) >= 11 is 0. The molecule has 0 unspecified atom stereocenters. The quantitative estimate of drug-likeness (QED) is 0.796. The summed E-state index contributed by atoms with van der Waals surface area (Å²) in [6, 6.07) is 7.80. The van der Waals surface area contributed by atoms with Crippen molar-refractivity contribution >= 4 is 34.9 Å². The molecule has 20 heavy (non-hydrogen) atoms. The maximum Gasteiger partial charge on any atom is 0.244 e. The van der Waals surface area contributed by atoms with Crippen molar-refractivity contribution in [1.29, 1.82) is 0 Å². The molecule has 108 valence electrons. The van der Waals surface area contributed by atoms with Crippen molar-refractivity contribution in [1.82, 2.24) is 4.98 Å². The Balaban J connectivity index is 0.00000147. The van der Waals surface area contributed by atoms with E-state index in [1.165, 1.54) is 6.42 Å². The van der Waals surface area contributed by atoms with Crippen molar-refractivity contribution < 1.29 is 4.79 Å². The summed E-state index contributed by atoms with van der Waals surface area (Å²) in [5.74, 6) is -0.0547. The molecular formula is C15H20ClN3O. The molecule has 1 aromatic heterocycles. The number of anilines is 1. The van der Waals surface area contributed by atoms with Gasteiger partial charge in [-0.15, -0.1) is 12.4 Å². The second-order valence-corrected chi connectivity index (χ2v) is 5.42. The van der Waals surface area contributed by atoms with E-state index in [2.05, 4.69) is 10.3 Å². The van der Waals surface area contributed by atoms with Crippen LogP contribution in [-0.4, -0.2) is 16.4 Å². The fraction of sp³-hybridized carbons (Fsp3) is 0.400. The lowest BCUT2D eigenvalue weighted by Gasteiger charge is -2.31. The number of aromatic nitrogens is 1. The largest absolute Gasteiger partial charge is 0.361 e. The molecule has 0 bridgehead atoms. The molecule has 2 aromatic rings. The minimum Gasteiger partial charge on any atom is -0.361 e. The molecule has 5 heteroatoms. The number of amides is 1. The average Bonchev–Trinajstić information content (AvgIpc) is 2.89. The summed E-state index contributed by atoms with van der Waals surface area (Å²) in [4.78, 5) is 15.5. The first-order valence-corrected chi connectivity index (χ1v) is 6.85. The van der Waals surface area contributed by atoms with Gasteiger partial charge in [0.2, 0.25) is 5.91 Å². The Morgan fingerprint density at radius 3 is 2.70 bits per heavy atom. The standard InChI is InChI=1S/C15H19N3O.ClH/c16-15(8-2-1-3-9-15)14(19)18-13-6-4-5-12-11(13)7-10-17-12;/h4-7,10,17H,1-3,8-9,16H2,(H,18,19);1H. The first kappa shape index (κ1) is 14.9. The minimum absolute atomic E-state index is 0. The fourth-order valence-electron chi connectivity index (χ4n) is 2.85. The van der Waals surface area contributed by atoms with Crippen LogP contribution in [0.5, 0.6) is 0 Å². The van der Waals surface area contributed by atoms with E-state index >= 15 is 0 Å². The Kier molecular flexibility index (Phi) is 4.35. The zero-order valence-electron chi connectivity index (χ0n) is 11.3. The van der Waals surface area contributed by atoms with Gasteiger partial charge in [-0.1, -0.05) is 25.3 Å². The van der Waals surface area contributed by atoms with E-state index in [-0.39, 0.29) is 18.3 Å². The molecule has 4 nitrogen and oxygen atoms in total. The highest BCUT2D eigenvalue weighted by Crippen LogP contribution is 2.29. The molecule has 1 amide bonds. The molecule has 3 rings (SSSR count). The summed E-state index contributed by atoms with van der Waals surface area (Å²) in [5, 5.41) is 4.02. The van der Waals surface area contributed by atoms with Gasteiger partial charge in [0.1, 0.15) is 0 Å². The van der Waals surface area contributed by atoms with Crippen LogP contribution in [0.4, 0.5) is 5.69 Å². The molecule has 0 aliphatic heterocycles. The monoisotopic (exact) mass is 293 g/mol. The van der Waals surface area contributed by atoms with Gasteiger partial charge in [-0.05, 0) is 31.0 Å². The van der Waals surface area contributed by atoms with Crippen LogP contribution in [0.2, 0.25) is 0 Å². The number of hydrogen-bond acceptors (Lipinski definition) is 2. The van der Waals surface area contributed by atoms with Crippen LogP contribution in [0.3, 0.4) is 0 Å². The first-order chi connectivity index (χ1) is 9.19. The smallest absolute Gasteiger partial charge is 0.244 e. The number of fused-ring (bicyclic) bond motifs is 1. The van der Waals surface area contributed by atoms with Gasteiger partial charge < -0.3 is 16.0 Å². The van der Waals surface area contributed by atoms with E-state index in [9.17, 15) is 4.79 Å². The number of H-pyrrole nitrogens is 1. The van der Waals surface area contributed by atoms with Crippen LogP contribution in [-0.2, 0) is 4.79 Å². The van der Waals surface area contributed by atoms with Crippen LogP contribution < -0.4 is 11.1 Å². The maximum atomic E-state index is 12.4. The third-order valence-corrected chi connectivity index (χ3v) is 4.04. The van der Waals surface area contributed by atoms with E-state index in [1.807, 2.05) is 30.5 Å². The number of nitrogens with two attached hydrogens (primary N) is 1.